The summed E-state index contributed by atoms with van der Waals surface area (Å²) in [6, 6.07) is 7.59. The van der Waals surface area contributed by atoms with Crippen LogP contribution in [0.4, 0.5) is 0 Å². The zero-order valence-electron chi connectivity index (χ0n) is 18.2. The molecule has 1 aliphatic carbocycles. The second kappa shape index (κ2) is 8.53. The van der Waals surface area contributed by atoms with Crippen molar-refractivity contribution >= 4 is 17.1 Å². The maximum Gasteiger partial charge on any atom is 0.337 e. The van der Waals surface area contributed by atoms with Gasteiger partial charge in [-0.15, -0.1) is 0 Å². The van der Waals surface area contributed by atoms with Gasteiger partial charge >= 0.3 is 11.7 Å². The number of ether oxygens (including phenoxy) is 1. The normalized spacial score (nSPS) is 14.6. The van der Waals surface area contributed by atoms with Gasteiger partial charge in [-0.05, 0) is 43.4 Å². The summed E-state index contributed by atoms with van der Waals surface area (Å²) in [6.07, 6.45) is 4.98. The van der Waals surface area contributed by atoms with Crippen molar-refractivity contribution in [2.75, 3.05) is 6.61 Å². The Bertz CT molecular complexity index is 1210. The fraction of sp³-hybridized carbons (Fsp3) is 0.478. The molecule has 8 nitrogen and oxygen atoms in total. The number of fused-ring (bicyclic) bond motifs is 1. The molecule has 164 valence electrons. The zero-order chi connectivity index (χ0) is 22.1. The molecule has 0 amide bonds. The molecule has 1 fully saturated rings. The number of imidazole rings is 1. The number of aromatic nitrogens is 4. The summed E-state index contributed by atoms with van der Waals surface area (Å²) in [7, 11) is 0. The van der Waals surface area contributed by atoms with E-state index in [0.717, 1.165) is 31.2 Å². The number of hydrogen-bond donors (Lipinski definition) is 0. The lowest BCUT2D eigenvalue weighted by Gasteiger charge is -2.17. The highest BCUT2D eigenvalue weighted by Gasteiger charge is 2.26. The van der Waals surface area contributed by atoms with Crippen LogP contribution in [-0.4, -0.2) is 31.3 Å². The third-order valence-corrected chi connectivity index (χ3v) is 5.96. The highest BCUT2D eigenvalue weighted by atomic mass is 16.5. The molecule has 0 atom stereocenters. The Labute approximate surface area is 180 Å². The smallest absolute Gasteiger partial charge is 0.337 e. The first-order valence-electron chi connectivity index (χ1n) is 10.9. The lowest BCUT2D eigenvalue weighted by Crippen LogP contribution is -2.42. The molecule has 0 saturated heterocycles. The minimum atomic E-state index is -0.451. The molecular weight excluding hydrogens is 396 g/mol. The van der Waals surface area contributed by atoms with Gasteiger partial charge in [0.2, 0.25) is 0 Å². The van der Waals surface area contributed by atoms with E-state index in [1.165, 1.54) is 20.0 Å². The molecule has 0 N–H and O–H groups in total. The van der Waals surface area contributed by atoms with Crippen LogP contribution in [0.1, 0.15) is 64.0 Å². The molecule has 3 aromatic rings. The first kappa shape index (κ1) is 21.1. The van der Waals surface area contributed by atoms with E-state index < -0.39 is 11.5 Å². The molecule has 1 aliphatic rings. The van der Waals surface area contributed by atoms with Crippen molar-refractivity contribution in [3.05, 3.63) is 57.0 Å². The molecule has 0 unspecified atom stereocenters. The molecule has 4 rings (SSSR count). The van der Waals surface area contributed by atoms with Gasteiger partial charge in [0.05, 0.1) is 18.6 Å². The number of rotatable bonds is 6. The SMILES string of the molecule is CCOC(=O)Cn1cnc2c1c(=O)n(C1CCCC1)c(=O)n2-c1ccc(C(C)C)cc1. The first-order valence-corrected chi connectivity index (χ1v) is 10.9. The molecule has 0 radical (unpaired) electrons. The lowest BCUT2D eigenvalue weighted by molar-refractivity contribution is -0.143. The molecule has 0 spiro atoms. The quantitative estimate of drug-likeness (QED) is 0.567. The summed E-state index contributed by atoms with van der Waals surface area (Å²) >= 11 is 0. The van der Waals surface area contributed by atoms with Crippen LogP contribution in [0.3, 0.4) is 0 Å². The number of hydrogen-bond acceptors (Lipinski definition) is 5. The van der Waals surface area contributed by atoms with Crippen molar-refractivity contribution in [1.82, 2.24) is 18.7 Å². The topological polar surface area (TPSA) is 88.1 Å². The van der Waals surface area contributed by atoms with Gasteiger partial charge < -0.3 is 9.30 Å². The maximum absolute atomic E-state index is 13.5. The van der Waals surface area contributed by atoms with Crippen LogP contribution < -0.4 is 11.2 Å². The summed E-state index contributed by atoms with van der Waals surface area (Å²) in [5.41, 5.74) is 1.52. The average Bonchev–Trinajstić information content (AvgIpc) is 3.39. The summed E-state index contributed by atoms with van der Waals surface area (Å²) in [6.45, 7) is 6.07. The van der Waals surface area contributed by atoms with E-state index in [9.17, 15) is 14.4 Å². The predicted octanol–water partition coefficient (Wildman–Crippen LogP) is 3.15. The van der Waals surface area contributed by atoms with E-state index in [0.29, 0.717) is 11.6 Å². The Hall–Kier alpha value is -3.16. The Balaban J connectivity index is 1.96. The van der Waals surface area contributed by atoms with Gasteiger partial charge in [-0.1, -0.05) is 38.8 Å². The Kier molecular flexibility index (Phi) is 5.80. The van der Waals surface area contributed by atoms with Crippen LogP contribution in [0, 0.1) is 0 Å². The van der Waals surface area contributed by atoms with Crippen LogP contribution >= 0.6 is 0 Å². The van der Waals surface area contributed by atoms with E-state index in [1.807, 2.05) is 24.3 Å². The van der Waals surface area contributed by atoms with E-state index in [4.69, 9.17) is 4.74 Å². The molecule has 2 aromatic heterocycles. The van der Waals surface area contributed by atoms with Crippen molar-refractivity contribution in [3.8, 4) is 5.69 Å². The lowest BCUT2D eigenvalue weighted by atomic mass is 10.0. The van der Waals surface area contributed by atoms with E-state index in [1.54, 1.807) is 6.92 Å². The highest BCUT2D eigenvalue weighted by molar-refractivity contribution is 5.76. The fourth-order valence-corrected chi connectivity index (χ4v) is 4.34. The van der Waals surface area contributed by atoms with Crippen molar-refractivity contribution in [1.29, 1.82) is 0 Å². The van der Waals surface area contributed by atoms with Gasteiger partial charge in [0.25, 0.3) is 5.56 Å². The second-order valence-corrected chi connectivity index (χ2v) is 8.33. The van der Waals surface area contributed by atoms with Crippen molar-refractivity contribution in [3.63, 3.8) is 0 Å². The number of esters is 1. The highest BCUT2D eigenvalue weighted by Crippen LogP contribution is 2.28. The third-order valence-electron chi connectivity index (χ3n) is 5.96. The molecular formula is C23H28N4O4. The van der Waals surface area contributed by atoms with Gasteiger partial charge in [-0.2, -0.15) is 0 Å². The van der Waals surface area contributed by atoms with Gasteiger partial charge in [0.15, 0.2) is 11.2 Å². The minimum absolute atomic E-state index is 0.130. The summed E-state index contributed by atoms with van der Waals surface area (Å²) in [5, 5.41) is 0. The summed E-state index contributed by atoms with van der Waals surface area (Å²) < 4.78 is 9.37. The van der Waals surface area contributed by atoms with Gasteiger partial charge in [-0.25, -0.2) is 14.3 Å². The zero-order valence-corrected chi connectivity index (χ0v) is 18.2. The van der Waals surface area contributed by atoms with E-state index in [-0.39, 0.29) is 36.0 Å². The molecule has 8 heteroatoms. The number of carbonyl (C=O) groups excluding carboxylic acids is 1. The van der Waals surface area contributed by atoms with Crippen LogP contribution in [0.15, 0.2) is 40.2 Å². The largest absolute Gasteiger partial charge is 0.465 e. The Morgan fingerprint density at radius 3 is 2.45 bits per heavy atom. The molecule has 0 bridgehead atoms. The van der Waals surface area contributed by atoms with Crippen molar-refractivity contribution in [2.45, 2.75) is 65.0 Å². The molecule has 0 aliphatic heterocycles. The van der Waals surface area contributed by atoms with Gasteiger partial charge in [0.1, 0.15) is 6.54 Å². The van der Waals surface area contributed by atoms with Crippen LogP contribution in [0.25, 0.3) is 16.9 Å². The Morgan fingerprint density at radius 2 is 1.84 bits per heavy atom. The van der Waals surface area contributed by atoms with E-state index >= 15 is 0 Å². The third kappa shape index (κ3) is 3.82. The number of benzene rings is 1. The minimum Gasteiger partial charge on any atom is -0.465 e. The van der Waals surface area contributed by atoms with Crippen molar-refractivity contribution < 1.29 is 9.53 Å². The molecule has 31 heavy (non-hydrogen) atoms. The van der Waals surface area contributed by atoms with Crippen LogP contribution in [0.5, 0.6) is 0 Å². The summed E-state index contributed by atoms with van der Waals surface area (Å²) in [4.78, 5) is 43.4. The average molecular weight is 425 g/mol. The van der Waals surface area contributed by atoms with E-state index in [2.05, 4.69) is 18.8 Å². The second-order valence-electron chi connectivity index (χ2n) is 8.33. The number of nitrogens with zero attached hydrogens (tertiary/aromatic N) is 4. The fourth-order valence-electron chi connectivity index (χ4n) is 4.34. The Morgan fingerprint density at radius 1 is 1.16 bits per heavy atom. The molecule has 1 saturated carbocycles. The van der Waals surface area contributed by atoms with Crippen LogP contribution in [0.2, 0.25) is 0 Å². The standard InChI is InChI=1S/C23H28N4O4/c1-4-31-19(28)13-25-14-24-21-20(25)22(29)27(17-7-5-6-8-17)23(30)26(21)18-11-9-16(10-12-18)15(2)3/h9-12,14-15,17H,4-8,13H2,1-3H3. The molecule has 1 aromatic carbocycles. The number of carbonyl (C=O) groups is 1. The van der Waals surface area contributed by atoms with Gasteiger partial charge in [0, 0.05) is 6.04 Å². The predicted molar refractivity (Wildman–Crippen MR) is 118 cm³/mol. The first-order chi connectivity index (χ1) is 14.9. The van der Waals surface area contributed by atoms with Gasteiger partial charge in [-0.3, -0.25) is 14.2 Å². The molecule has 2 heterocycles. The van der Waals surface area contributed by atoms with Crippen molar-refractivity contribution in [2.24, 2.45) is 0 Å². The monoisotopic (exact) mass is 424 g/mol. The maximum atomic E-state index is 13.5. The van der Waals surface area contributed by atoms with Crippen LogP contribution in [-0.2, 0) is 16.1 Å². The summed E-state index contributed by atoms with van der Waals surface area (Å²) in [5.74, 6) is -0.0883.